The van der Waals surface area contributed by atoms with Crippen molar-refractivity contribution in [3.05, 3.63) is 41.5 Å². The third kappa shape index (κ3) is 2.60. The van der Waals surface area contributed by atoms with Gasteiger partial charge in [-0.15, -0.1) is 0 Å². The number of Topliss-reactive ketones (excluding diaryl/α,β-unsaturated/α-hetero) is 1. The standard InChI is InChI=1S/C15H18O/c1-2-12-8-9-14(15(16)11-12)10-13-6-4-3-5-7-13/h3-7,10,12H,2,8-9,11H2,1H3/b14-10-. The predicted molar refractivity (Wildman–Crippen MR) is 67.1 cm³/mol. The summed E-state index contributed by atoms with van der Waals surface area (Å²) in [6.45, 7) is 2.17. The Labute approximate surface area is 97.2 Å². The van der Waals surface area contributed by atoms with Crippen molar-refractivity contribution < 1.29 is 4.79 Å². The Morgan fingerprint density at radius 2 is 2.06 bits per heavy atom. The van der Waals surface area contributed by atoms with Gasteiger partial charge in [-0.25, -0.2) is 0 Å². The number of rotatable bonds is 2. The number of carbonyl (C=O) groups is 1. The molecule has 1 heteroatoms. The summed E-state index contributed by atoms with van der Waals surface area (Å²) in [4.78, 5) is 11.9. The Balaban J connectivity index is 2.12. The van der Waals surface area contributed by atoms with E-state index in [1.807, 2.05) is 36.4 Å². The van der Waals surface area contributed by atoms with Crippen LogP contribution in [-0.4, -0.2) is 5.78 Å². The molecule has 0 aromatic heterocycles. The van der Waals surface area contributed by atoms with Crippen LogP contribution in [0.25, 0.3) is 6.08 Å². The van der Waals surface area contributed by atoms with Crippen LogP contribution in [0.5, 0.6) is 0 Å². The lowest BCUT2D eigenvalue weighted by atomic mass is 9.83. The van der Waals surface area contributed by atoms with Gasteiger partial charge >= 0.3 is 0 Å². The number of hydrogen-bond acceptors (Lipinski definition) is 1. The molecule has 1 unspecified atom stereocenters. The summed E-state index contributed by atoms with van der Waals surface area (Å²) in [7, 11) is 0. The summed E-state index contributed by atoms with van der Waals surface area (Å²) in [5.41, 5.74) is 2.15. The van der Waals surface area contributed by atoms with Crippen LogP contribution >= 0.6 is 0 Å². The van der Waals surface area contributed by atoms with Crippen LogP contribution in [0.2, 0.25) is 0 Å². The first-order valence-corrected chi connectivity index (χ1v) is 6.08. The van der Waals surface area contributed by atoms with Crippen LogP contribution in [0.4, 0.5) is 0 Å². The van der Waals surface area contributed by atoms with Gasteiger partial charge in [0.2, 0.25) is 0 Å². The van der Waals surface area contributed by atoms with E-state index in [0.29, 0.717) is 11.7 Å². The van der Waals surface area contributed by atoms with Gasteiger partial charge in [-0.3, -0.25) is 4.79 Å². The normalized spacial score (nSPS) is 23.7. The molecule has 1 fully saturated rings. The van der Waals surface area contributed by atoms with Gasteiger partial charge in [0, 0.05) is 6.42 Å². The zero-order valence-electron chi connectivity index (χ0n) is 9.78. The fraction of sp³-hybridized carbons (Fsp3) is 0.400. The molecule has 0 spiro atoms. The van der Waals surface area contributed by atoms with Crippen molar-refractivity contribution in [2.45, 2.75) is 32.6 Å². The number of allylic oxidation sites excluding steroid dienone is 1. The largest absolute Gasteiger partial charge is 0.295 e. The number of carbonyl (C=O) groups excluding carboxylic acids is 1. The molecule has 1 aliphatic rings. The smallest absolute Gasteiger partial charge is 0.159 e. The zero-order chi connectivity index (χ0) is 11.4. The van der Waals surface area contributed by atoms with E-state index >= 15 is 0 Å². The summed E-state index contributed by atoms with van der Waals surface area (Å²) in [5.74, 6) is 0.961. The van der Waals surface area contributed by atoms with Crippen LogP contribution in [-0.2, 0) is 4.79 Å². The molecule has 0 heterocycles. The number of hydrogen-bond donors (Lipinski definition) is 0. The van der Waals surface area contributed by atoms with Crippen molar-refractivity contribution in [1.82, 2.24) is 0 Å². The average molecular weight is 214 g/mol. The van der Waals surface area contributed by atoms with E-state index in [-0.39, 0.29) is 0 Å². The van der Waals surface area contributed by atoms with Crippen LogP contribution in [0.15, 0.2) is 35.9 Å². The summed E-state index contributed by atoms with van der Waals surface area (Å²) in [5, 5.41) is 0. The molecule has 16 heavy (non-hydrogen) atoms. The molecular weight excluding hydrogens is 196 g/mol. The fourth-order valence-corrected chi connectivity index (χ4v) is 2.25. The summed E-state index contributed by atoms with van der Waals surface area (Å²) in [6.07, 6.45) is 6.04. The molecule has 1 aromatic carbocycles. The molecule has 0 aliphatic heterocycles. The van der Waals surface area contributed by atoms with Gasteiger partial charge in [0.25, 0.3) is 0 Å². The second kappa shape index (κ2) is 5.11. The van der Waals surface area contributed by atoms with Gasteiger partial charge in [-0.05, 0) is 36.0 Å². The third-order valence-corrected chi connectivity index (χ3v) is 3.37. The summed E-state index contributed by atoms with van der Waals surface area (Å²) in [6, 6.07) is 10.1. The van der Waals surface area contributed by atoms with Crippen molar-refractivity contribution >= 4 is 11.9 Å². The lowest BCUT2D eigenvalue weighted by molar-refractivity contribution is -0.117. The lowest BCUT2D eigenvalue weighted by Crippen LogP contribution is -2.16. The molecule has 0 amide bonds. The molecule has 1 aromatic rings. The van der Waals surface area contributed by atoms with Crippen LogP contribution in [0, 0.1) is 5.92 Å². The van der Waals surface area contributed by atoms with E-state index in [1.165, 1.54) is 6.42 Å². The van der Waals surface area contributed by atoms with Gasteiger partial charge in [0.1, 0.15) is 0 Å². The van der Waals surface area contributed by atoms with E-state index in [2.05, 4.69) is 6.92 Å². The molecule has 1 atom stereocenters. The fourth-order valence-electron chi connectivity index (χ4n) is 2.25. The molecule has 0 radical (unpaired) electrons. The molecule has 0 N–H and O–H groups in total. The summed E-state index contributed by atoms with van der Waals surface area (Å²) >= 11 is 0. The minimum atomic E-state index is 0.349. The molecule has 0 saturated heterocycles. The van der Waals surface area contributed by atoms with Crippen molar-refractivity contribution in [2.75, 3.05) is 0 Å². The monoisotopic (exact) mass is 214 g/mol. The second-order valence-corrected chi connectivity index (χ2v) is 4.52. The first-order valence-electron chi connectivity index (χ1n) is 6.08. The number of benzene rings is 1. The van der Waals surface area contributed by atoms with Crippen LogP contribution in [0.1, 0.15) is 38.2 Å². The molecule has 1 nitrogen and oxygen atoms in total. The quantitative estimate of drug-likeness (QED) is 0.683. The van der Waals surface area contributed by atoms with Crippen molar-refractivity contribution in [2.24, 2.45) is 5.92 Å². The molecule has 1 saturated carbocycles. The highest BCUT2D eigenvalue weighted by atomic mass is 16.1. The van der Waals surface area contributed by atoms with Crippen molar-refractivity contribution in [3.8, 4) is 0 Å². The summed E-state index contributed by atoms with van der Waals surface area (Å²) < 4.78 is 0. The maximum absolute atomic E-state index is 11.9. The van der Waals surface area contributed by atoms with Crippen LogP contribution < -0.4 is 0 Å². The maximum atomic E-state index is 11.9. The van der Waals surface area contributed by atoms with E-state index < -0.39 is 0 Å². The van der Waals surface area contributed by atoms with E-state index in [0.717, 1.165) is 30.4 Å². The first kappa shape index (κ1) is 11.1. The SMILES string of the molecule is CCC1CC/C(=C/c2ccccc2)C(=O)C1. The van der Waals surface area contributed by atoms with E-state index in [4.69, 9.17) is 0 Å². The second-order valence-electron chi connectivity index (χ2n) is 4.52. The van der Waals surface area contributed by atoms with Gasteiger partial charge in [0.15, 0.2) is 5.78 Å². The minimum absolute atomic E-state index is 0.349. The lowest BCUT2D eigenvalue weighted by Gasteiger charge is -2.21. The van der Waals surface area contributed by atoms with Gasteiger partial charge in [-0.2, -0.15) is 0 Å². The Morgan fingerprint density at radius 1 is 1.31 bits per heavy atom. The zero-order valence-corrected chi connectivity index (χ0v) is 9.78. The Hall–Kier alpha value is -1.37. The third-order valence-electron chi connectivity index (χ3n) is 3.37. The Kier molecular flexibility index (Phi) is 3.55. The number of ketones is 1. The highest BCUT2D eigenvalue weighted by Crippen LogP contribution is 2.28. The predicted octanol–water partition coefficient (Wildman–Crippen LogP) is 3.85. The average Bonchev–Trinajstić information content (AvgIpc) is 2.33. The van der Waals surface area contributed by atoms with Gasteiger partial charge < -0.3 is 0 Å². The topological polar surface area (TPSA) is 17.1 Å². The van der Waals surface area contributed by atoms with Crippen LogP contribution in [0.3, 0.4) is 0 Å². The molecular formula is C15H18O. The van der Waals surface area contributed by atoms with Gasteiger partial charge in [0.05, 0.1) is 0 Å². The van der Waals surface area contributed by atoms with Gasteiger partial charge in [-0.1, -0.05) is 43.7 Å². The Bertz CT molecular complexity index is 389. The highest BCUT2D eigenvalue weighted by Gasteiger charge is 2.21. The van der Waals surface area contributed by atoms with E-state index in [9.17, 15) is 4.79 Å². The van der Waals surface area contributed by atoms with E-state index in [1.54, 1.807) is 0 Å². The molecule has 1 aliphatic carbocycles. The highest BCUT2D eigenvalue weighted by molar-refractivity contribution is 6.00. The minimum Gasteiger partial charge on any atom is -0.295 e. The Morgan fingerprint density at radius 3 is 2.69 bits per heavy atom. The van der Waals surface area contributed by atoms with Crippen molar-refractivity contribution in [1.29, 1.82) is 0 Å². The maximum Gasteiger partial charge on any atom is 0.159 e. The molecule has 84 valence electrons. The first-order chi connectivity index (χ1) is 7.79. The van der Waals surface area contributed by atoms with Crippen molar-refractivity contribution in [3.63, 3.8) is 0 Å². The molecule has 0 bridgehead atoms. The molecule has 2 rings (SSSR count).